The number of hydrogen-bond donors (Lipinski definition) is 0. The number of hydrogen-bond acceptors (Lipinski definition) is 6. The van der Waals surface area contributed by atoms with E-state index in [-0.39, 0.29) is 12.0 Å². The molecular weight excluding hydrogens is 287 g/mol. The van der Waals surface area contributed by atoms with E-state index in [9.17, 15) is 13.2 Å². The van der Waals surface area contributed by atoms with E-state index in [1.807, 2.05) is 0 Å². The van der Waals surface area contributed by atoms with Gasteiger partial charge in [-0.3, -0.25) is 0 Å². The normalized spacial score (nSPS) is 19.2. The lowest BCUT2D eigenvalue weighted by Crippen LogP contribution is -2.26. The van der Waals surface area contributed by atoms with Crippen molar-refractivity contribution in [2.75, 3.05) is 11.4 Å². The molecule has 0 bridgehead atoms. The highest BCUT2D eigenvalue weighted by Gasteiger charge is 2.36. The number of alkyl halides is 3. The molecule has 0 amide bonds. The summed E-state index contributed by atoms with van der Waals surface area (Å²) < 4.78 is 43.1. The molecule has 1 fully saturated rings. The second-order valence-corrected chi connectivity index (χ2v) is 4.76. The van der Waals surface area contributed by atoms with E-state index in [4.69, 9.17) is 4.52 Å². The van der Waals surface area contributed by atoms with Gasteiger partial charge in [0.05, 0.1) is 6.04 Å². The predicted molar refractivity (Wildman–Crippen MR) is 65.4 cm³/mol. The van der Waals surface area contributed by atoms with E-state index in [0.717, 1.165) is 25.1 Å². The molecule has 0 aromatic carbocycles. The first-order valence-corrected chi connectivity index (χ1v) is 6.42. The lowest BCUT2D eigenvalue weighted by molar-refractivity contribution is -0.141. The Bertz CT molecular complexity index is 642. The van der Waals surface area contributed by atoms with Gasteiger partial charge < -0.3 is 9.42 Å². The van der Waals surface area contributed by atoms with Crippen LogP contribution < -0.4 is 4.90 Å². The molecule has 0 radical (unpaired) electrons. The van der Waals surface area contributed by atoms with Crippen LogP contribution in [0.3, 0.4) is 0 Å². The van der Waals surface area contributed by atoms with Gasteiger partial charge in [0.1, 0.15) is 5.69 Å². The quantitative estimate of drug-likeness (QED) is 0.849. The molecule has 1 atom stereocenters. The van der Waals surface area contributed by atoms with Crippen LogP contribution in [0.2, 0.25) is 0 Å². The highest BCUT2D eigenvalue weighted by atomic mass is 19.4. The van der Waals surface area contributed by atoms with Crippen LogP contribution in [-0.2, 0) is 6.18 Å². The molecule has 0 aliphatic carbocycles. The van der Waals surface area contributed by atoms with Crippen molar-refractivity contribution in [2.45, 2.75) is 32.0 Å². The number of anilines is 1. The Hall–Kier alpha value is -2.19. The summed E-state index contributed by atoms with van der Waals surface area (Å²) in [4.78, 5) is 13.4. The number of halogens is 3. The summed E-state index contributed by atoms with van der Waals surface area (Å²) in [5, 5.41) is 3.84. The van der Waals surface area contributed by atoms with Crippen LogP contribution in [0.4, 0.5) is 19.1 Å². The van der Waals surface area contributed by atoms with Gasteiger partial charge in [0.25, 0.3) is 0 Å². The zero-order chi connectivity index (χ0) is 15.0. The first-order valence-electron chi connectivity index (χ1n) is 6.42. The smallest absolute Gasteiger partial charge is 0.340 e. The second kappa shape index (κ2) is 4.97. The molecule has 3 heterocycles. The van der Waals surface area contributed by atoms with Crippen LogP contribution in [0.15, 0.2) is 16.8 Å². The first-order chi connectivity index (χ1) is 9.95. The van der Waals surface area contributed by atoms with E-state index in [1.165, 1.54) is 0 Å². The van der Waals surface area contributed by atoms with Crippen molar-refractivity contribution in [3.05, 3.63) is 29.7 Å². The SMILES string of the molecule is Cc1nc(C2CCCN2c2nccc(C(F)(F)F)n2)no1. The molecule has 2 aromatic heterocycles. The maximum atomic E-state index is 12.7. The molecule has 9 heteroatoms. The van der Waals surface area contributed by atoms with Gasteiger partial charge in [-0.05, 0) is 18.9 Å². The summed E-state index contributed by atoms with van der Waals surface area (Å²) in [5.74, 6) is 0.905. The summed E-state index contributed by atoms with van der Waals surface area (Å²) in [6, 6.07) is 0.596. The molecule has 112 valence electrons. The third-order valence-electron chi connectivity index (χ3n) is 3.28. The summed E-state index contributed by atoms with van der Waals surface area (Å²) in [7, 11) is 0. The van der Waals surface area contributed by atoms with Gasteiger partial charge in [-0.2, -0.15) is 18.2 Å². The maximum Gasteiger partial charge on any atom is 0.433 e. The van der Waals surface area contributed by atoms with E-state index in [2.05, 4.69) is 20.1 Å². The van der Waals surface area contributed by atoms with Crippen LogP contribution >= 0.6 is 0 Å². The molecule has 21 heavy (non-hydrogen) atoms. The zero-order valence-electron chi connectivity index (χ0n) is 11.1. The van der Waals surface area contributed by atoms with Gasteiger partial charge in [0, 0.05) is 19.7 Å². The Kier molecular flexibility index (Phi) is 3.26. The Labute approximate surface area is 118 Å². The summed E-state index contributed by atoms with van der Waals surface area (Å²) >= 11 is 0. The van der Waals surface area contributed by atoms with Crippen molar-refractivity contribution in [3.63, 3.8) is 0 Å². The number of aryl methyl sites for hydroxylation is 1. The average molecular weight is 299 g/mol. The lowest BCUT2D eigenvalue weighted by Gasteiger charge is -2.22. The monoisotopic (exact) mass is 299 g/mol. The molecule has 3 rings (SSSR count). The number of nitrogens with zero attached hydrogens (tertiary/aromatic N) is 5. The Morgan fingerprint density at radius 1 is 1.33 bits per heavy atom. The third-order valence-corrected chi connectivity index (χ3v) is 3.28. The van der Waals surface area contributed by atoms with Gasteiger partial charge in [-0.15, -0.1) is 0 Å². The van der Waals surface area contributed by atoms with Gasteiger partial charge in [-0.1, -0.05) is 5.16 Å². The van der Waals surface area contributed by atoms with Crippen LogP contribution in [0, 0.1) is 6.92 Å². The fourth-order valence-electron chi connectivity index (χ4n) is 2.37. The van der Waals surface area contributed by atoms with E-state index >= 15 is 0 Å². The van der Waals surface area contributed by atoms with E-state index in [1.54, 1.807) is 11.8 Å². The molecule has 6 nitrogen and oxygen atoms in total. The van der Waals surface area contributed by atoms with Crippen LogP contribution in [0.1, 0.15) is 36.3 Å². The van der Waals surface area contributed by atoms with Gasteiger partial charge in [-0.25, -0.2) is 9.97 Å². The Morgan fingerprint density at radius 2 is 2.14 bits per heavy atom. The number of rotatable bonds is 2. The minimum absolute atomic E-state index is 0.0368. The maximum absolute atomic E-state index is 12.7. The minimum Gasteiger partial charge on any atom is -0.340 e. The molecule has 1 aliphatic heterocycles. The first kappa shape index (κ1) is 13.8. The highest BCUT2D eigenvalue weighted by molar-refractivity contribution is 5.35. The Balaban J connectivity index is 1.92. The van der Waals surface area contributed by atoms with Crippen LogP contribution in [0.5, 0.6) is 0 Å². The molecule has 0 N–H and O–H groups in total. The van der Waals surface area contributed by atoms with Gasteiger partial charge in [0.2, 0.25) is 11.8 Å². The molecule has 1 unspecified atom stereocenters. The van der Waals surface area contributed by atoms with Crippen LogP contribution in [0.25, 0.3) is 0 Å². The van der Waals surface area contributed by atoms with Crippen molar-refractivity contribution in [1.82, 2.24) is 20.1 Å². The summed E-state index contributed by atoms with van der Waals surface area (Å²) in [6.07, 6.45) is -1.85. The lowest BCUT2D eigenvalue weighted by atomic mass is 10.2. The van der Waals surface area contributed by atoms with E-state index in [0.29, 0.717) is 18.3 Å². The van der Waals surface area contributed by atoms with Crippen molar-refractivity contribution in [2.24, 2.45) is 0 Å². The largest absolute Gasteiger partial charge is 0.433 e. The number of aromatic nitrogens is 4. The molecule has 1 saturated heterocycles. The second-order valence-electron chi connectivity index (χ2n) is 4.76. The topological polar surface area (TPSA) is 67.9 Å². The summed E-state index contributed by atoms with van der Waals surface area (Å²) in [6.45, 7) is 2.22. The Morgan fingerprint density at radius 3 is 2.81 bits per heavy atom. The van der Waals surface area contributed by atoms with Crippen molar-refractivity contribution in [3.8, 4) is 0 Å². The highest BCUT2D eigenvalue weighted by Crippen LogP contribution is 2.34. The van der Waals surface area contributed by atoms with Gasteiger partial charge >= 0.3 is 6.18 Å². The fourth-order valence-corrected chi connectivity index (χ4v) is 2.37. The van der Waals surface area contributed by atoms with Crippen molar-refractivity contribution < 1.29 is 17.7 Å². The van der Waals surface area contributed by atoms with Crippen molar-refractivity contribution in [1.29, 1.82) is 0 Å². The molecule has 1 aliphatic rings. The fraction of sp³-hybridized carbons (Fsp3) is 0.500. The average Bonchev–Trinajstić information content (AvgIpc) is 3.06. The van der Waals surface area contributed by atoms with Crippen LogP contribution in [-0.4, -0.2) is 26.7 Å². The molecular formula is C12H12F3N5O. The zero-order valence-corrected chi connectivity index (χ0v) is 11.1. The molecule has 2 aromatic rings. The predicted octanol–water partition coefficient (Wildman–Crippen LogP) is 2.53. The molecule has 0 saturated carbocycles. The van der Waals surface area contributed by atoms with E-state index < -0.39 is 11.9 Å². The standard InChI is InChI=1S/C12H12F3N5O/c1-7-17-10(19-21-7)8-3-2-6-20(8)11-16-5-4-9(18-11)12(13,14)15/h4-5,8H,2-3,6H2,1H3. The summed E-state index contributed by atoms with van der Waals surface area (Å²) in [5.41, 5.74) is -0.956. The van der Waals surface area contributed by atoms with Gasteiger partial charge in [0.15, 0.2) is 5.82 Å². The molecule has 0 spiro atoms. The third kappa shape index (κ3) is 2.67. The van der Waals surface area contributed by atoms with Crippen molar-refractivity contribution >= 4 is 5.95 Å². The minimum atomic E-state index is -4.49.